The first-order chi connectivity index (χ1) is 12.0. The van der Waals surface area contributed by atoms with Gasteiger partial charge in [-0.25, -0.2) is 4.39 Å². The van der Waals surface area contributed by atoms with Gasteiger partial charge in [-0.3, -0.25) is 9.69 Å². The summed E-state index contributed by atoms with van der Waals surface area (Å²) >= 11 is 0. The van der Waals surface area contributed by atoms with E-state index in [0.717, 1.165) is 39.3 Å². The van der Waals surface area contributed by atoms with Crippen LogP contribution in [0.3, 0.4) is 0 Å². The SMILES string of the molecule is CC(C)OCc1cc(C(=O)N2CCN(C3CCNC3)CC2)ccc1F. The summed E-state index contributed by atoms with van der Waals surface area (Å²) in [6, 6.07) is 5.17. The van der Waals surface area contributed by atoms with Crippen LogP contribution in [0.5, 0.6) is 0 Å². The maximum atomic E-state index is 13.9. The minimum Gasteiger partial charge on any atom is -0.374 e. The van der Waals surface area contributed by atoms with Crippen LogP contribution >= 0.6 is 0 Å². The molecule has 5 nitrogen and oxygen atoms in total. The molecule has 1 aromatic carbocycles. The van der Waals surface area contributed by atoms with Gasteiger partial charge in [0.25, 0.3) is 5.91 Å². The summed E-state index contributed by atoms with van der Waals surface area (Å²) < 4.78 is 19.4. The van der Waals surface area contributed by atoms with Crippen molar-refractivity contribution < 1.29 is 13.9 Å². The van der Waals surface area contributed by atoms with Gasteiger partial charge < -0.3 is 15.0 Å². The number of carbonyl (C=O) groups excluding carboxylic acids is 1. The Morgan fingerprint density at radius 3 is 2.72 bits per heavy atom. The van der Waals surface area contributed by atoms with Gasteiger partial charge in [0, 0.05) is 49.9 Å². The summed E-state index contributed by atoms with van der Waals surface area (Å²) in [5.74, 6) is -0.342. The van der Waals surface area contributed by atoms with Crippen LogP contribution in [0.1, 0.15) is 36.2 Å². The lowest BCUT2D eigenvalue weighted by Gasteiger charge is -2.37. The van der Waals surface area contributed by atoms with E-state index < -0.39 is 0 Å². The second kappa shape index (κ2) is 8.25. The average Bonchev–Trinajstić information content (AvgIpc) is 3.15. The highest BCUT2D eigenvalue weighted by Crippen LogP contribution is 2.17. The van der Waals surface area contributed by atoms with Gasteiger partial charge in [0.05, 0.1) is 12.7 Å². The maximum Gasteiger partial charge on any atom is 0.253 e. The Hall–Kier alpha value is -1.50. The largest absolute Gasteiger partial charge is 0.374 e. The van der Waals surface area contributed by atoms with E-state index in [0.29, 0.717) is 17.2 Å². The Morgan fingerprint density at radius 2 is 2.08 bits per heavy atom. The highest BCUT2D eigenvalue weighted by atomic mass is 19.1. The predicted octanol–water partition coefficient (Wildman–Crippen LogP) is 1.87. The number of halogens is 1. The van der Waals surface area contributed by atoms with Crippen LogP contribution < -0.4 is 5.32 Å². The number of nitrogens with one attached hydrogen (secondary N) is 1. The summed E-state index contributed by atoms with van der Waals surface area (Å²) in [4.78, 5) is 17.1. The van der Waals surface area contributed by atoms with E-state index in [-0.39, 0.29) is 24.4 Å². The van der Waals surface area contributed by atoms with Crippen LogP contribution in [0.2, 0.25) is 0 Å². The molecule has 6 heteroatoms. The number of rotatable bonds is 5. The molecule has 2 aliphatic rings. The lowest BCUT2D eigenvalue weighted by Crippen LogP contribution is -2.52. The second-order valence-corrected chi connectivity index (χ2v) is 7.14. The number of benzene rings is 1. The zero-order chi connectivity index (χ0) is 17.8. The Morgan fingerprint density at radius 1 is 1.32 bits per heavy atom. The molecule has 0 radical (unpaired) electrons. The third-order valence-electron chi connectivity index (χ3n) is 5.02. The molecule has 0 spiro atoms. The first kappa shape index (κ1) is 18.3. The van der Waals surface area contributed by atoms with Crippen molar-refractivity contribution in [2.24, 2.45) is 0 Å². The fourth-order valence-electron chi connectivity index (χ4n) is 3.50. The Bertz CT molecular complexity index is 594. The fourth-order valence-corrected chi connectivity index (χ4v) is 3.50. The molecule has 0 aromatic heterocycles. The highest BCUT2D eigenvalue weighted by Gasteiger charge is 2.28. The quantitative estimate of drug-likeness (QED) is 0.882. The topological polar surface area (TPSA) is 44.8 Å². The van der Waals surface area contributed by atoms with E-state index in [1.165, 1.54) is 12.5 Å². The smallest absolute Gasteiger partial charge is 0.253 e. The second-order valence-electron chi connectivity index (χ2n) is 7.14. The van der Waals surface area contributed by atoms with Gasteiger partial charge in [0.15, 0.2) is 0 Å². The van der Waals surface area contributed by atoms with Gasteiger partial charge in [-0.2, -0.15) is 0 Å². The van der Waals surface area contributed by atoms with Crippen molar-refractivity contribution in [3.8, 4) is 0 Å². The molecule has 1 amide bonds. The van der Waals surface area contributed by atoms with E-state index in [4.69, 9.17) is 4.74 Å². The molecule has 25 heavy (non-hydrogen) atoms. The van der Waals surface area contributed by atoms with Gasteiger partial charge in [0.2, 0.25) is 0 Å². The van der Waals surface area contributed by atoms with E-state index in [9.17, 15) is 9.18 Å². The van der Waals surface area contributed by atoms with Crippen LogP contribution in [0.4, 0.5) is 4.39 Å². The number of carbonyl (C=O) groups is 1. The molecule has 0 bridgehead atoms. The van der Waals surface area contributed by atoms with Crippen LogP contribution in [0, 0.1) is 5.82 Å². The lowest BCUT2D eigenvalue weighted by atomic mass is 10.1. The molecule has 1 N–H and O–H groups in total. The van der Waals surface area contributed by atoms with Crippen molar-refractivity contribution in [3.63, 3.8) is 0 Å². The third kappa shape index (κ3) is 4.57. The number of hydrogen-bond acceptors (Lipinski definition) is 4. The van der Waals surface area contributed by atoms with Crippen LogP contribution in [-0.2, 0) is 11.3 Å². The Labute approximate surface area is 149 Å². The molecule has 3 rings (SSSR count). The van der Waals surface area contributed by atoms with Crippen molar-refractivity contribution in [1.82, 2.24) is 15.1 Å². The monoisotopic (exact) mass is 349 g/mol. The zero-order valence-electron chi connectivity index (χ0n) is 15.1. The van der Waals surface area contributed by atoms with E-state index >= 15 is 0 Å². The van der Waals surface area contributed by atoms with Crippen molar-refractivity contribution in [2.75, 3.05) is 39.3 Å². The minimum atomic E-state index is -0.323. The van der Waals surface area contributed by atoms with E-state index in [2.05, 4.69) is 10.2 Å². The summed E-state index contributed by atoms with van der Waals surface area (Å²) in [6.07, 6.45) is 1.21. The summed E-state index contributed by atoms with van der Waals surface area (Å²) in [7, 11) is 0. The van der Waals surface area contributed by atoms with E-state index in [1.54, 1.807) is 12.1 Å². The lowest BCUT2D eigenvalue weighted by molar-refractivity contribution is 0.0580. The molecule has 0 aliphatic carbocycles. The van der Waals surface area contributed by atoms with E-state index in [1.807, 2.05) is 18.7 Å². The maximum absolute atomic E-state index is 13.9. The molecular formula is C19H28FN3O2. The van der Waals surface area contributed by atoms with Gasteiger partial charge in [-0.05, 0) is 45.0 Å². The molecule has 2 aliphatic heterocycles. The van der Waals surface area contributed by atoms with Gasteiger partial charge in [-0.15, -0.1) is 0 Å². The van der Waals surface area contributed by atoms with Crippen molar-refractivity contribution in [2.45, 2.75) is 39.0 Å². The summed E-state index contributed by atoms with van der Waals surface area (Å²) in [5.41, 5.74) is 0.981. The molecule has 138 valence electrons. The van der Waals surface area contributed by atoms with Gasteiger partial charge in [0.1, 0.15) is 5.82 Å². The Balaban J connectivity index is 1.60. The normalized spacial score (nSPS) is 21.9. The molecule has 2 fully saturated rings. The molecule has 2 heterocycles. The summed E-state index contributed by atoms with van der Waals surface area (Å²) in [6.45, 7) is 9.40. The first-order valence-electron chi connectivity index (χ1n) is 9.18. The van der Waals surface area contributed by atoms with Crippen molar-refractivity contribution in [1.29, 1.82) is 0 Å². The molecule has 1 atom stereocenters. The summed E-state index contributed by atoms with van der Waals surface area (Å²) in [5, 5.41) is 3.39. The van der Waals surface area contributed by atoms with Gasteiger partial charge in [-0.1, -0.05) is 0 Å². The molecule has 0 saturated carbocycles. The van der Waals surface area contributed by atoms with Crippen LogP contribution in [0.25, 0.3) is 0 Å². The number of piperazine rings is 1. The predicted molar refractivity (Wildman–Crippen MR) is 95.1 cm³/mol. The number of ether oxygens (including phenoxy) is 1. The standard InChI is InChI=1S/C19H28FN3O2/c1-14(2)25-13-16-11-15(3-4-18(16)20)19(24)23-9-7-22(8-10-23)17-5-6-21-12-17/h3-4,11,14,17,21H,5-10,12-13H2,1-2H3. The number of amides is 1. The van der Waals surface area contributed by atoms with Gasteiger partial charge >= 0.3 is 0 Å². The fraction of sp³-hybridized carbons (Fsp3) is 0.632. The molecule has 1 unspecified atom stereocenters. The van der Waals surface area contributed by atoms with Crippen molar-refractivity contribution in [3.05, 3.63) is 35.1 Å². The first-order valence-corrected chi connectivity index (χ1v) is 9.18. The van der Waals surface area contributed by atoms with Crippen LogP contribution in [-0.4, -0.2) is 67.1 Å². The highest BCUT2D eigenvalue weighted by molar-refractivity contribution is 5.94. The average molecular weight is 349 g/mol. The zero-order valence-corrected chi connectivity index (χ0v) is 15.1. The molecule has 1 aromatic rings. The number of hydrogen-bond donors (Lipinski definition) is 1. The van der Waals surface area contributed by atoms with Crippen LogP contribution in [0.15, 0.2) is 18.2 Å². The third-order valence-corrected chi connectivity index (χ3v) is 5.02. The molecule has 2 saturated heterocycles. The van der Waals surface area contributed by atoms with Crippen molar-refractivity contribution >= 4 is 5.91 Å². The molecular weight excluding hydrogens is 321 g/mol. The Kier molecular flexibility index (Phi) is 6.04. The number of nitrogens with zero attached hydrogens (tertiary/aromatic N) is 2. The minimum absolute atomic E-state index is 0.0185.